The number of hydrogen-bond donors (Lipinski definition) is 0. The van der Waals surface area contributed by atoms with E-state index in [-0.39, 0.29) is 28.3 Å². The lowest BCUT2D eigenvalue weighted by molar-refractivity contribution is 0.0979. The summed E-state index contributed by atoms with van der Waals surface area (Å²) in [4.78, 5) is 28.1. The van der Waals surface area contributed by atoms with Crippen molar-refractivity contribution in [2.45, 2.75) is 17.7 Å². The smallest absolute Gasteiger partial charge is 0.196 e. The first-order valence-electron chi connectivity index (χ1n) is 8.76. The van der Waals surface area contributed by atoms with Gasteiger partial charge in [0.25, 0.3) is 0 Å². The van der Waals surface area contributed by atoms with Crippen LogP contribution in [0, 0.1) is 0 Å². The molecule has 5 nitrogen and oxygen atoms in total. The summed E-state index contributed by atoms with van der Waals surface area (Å²) in [6.07, 6.45) is 0. The number of carbonyl (C=O) groups excluding carboxylic acids is 2. The first-order valence-corrected chi connectivity index (χ1v) is 11.9. The van der Waals surface area contributed by atoms with Crippen molar-refractivity contribution in [2.75, 3.05) is 16.4 Å². The molecule has 2 fully saturated rings. The van der Waals surface area contributed by atoms with Gasteiger partial charge in [-0.05, 0) is 13.0 Å². The first kappa shape index (κ1) is 18.0. The van der Waals surface area contributed by atoms with E-state index in [4.69, 9.17) is 12.2 Å². The molecular weight excluding hydrogens is 414 g/mol. The number of fused-ring (bicyclic) bond motifs is 3. The summed E-state index contributed by atoms with van der Waals surface area (Å²) >= 11 is 6.93. The molecule has 2 heterocycles. The number of carbonyl (C=O) groups is 2. The highest BCUT2D eigenvalue weighted by molar-refractivity contribution is 8.24. The van der Waals surface area contributed by atoms with Crippen molar-refractivity contribution in [3.63, 3.8) is 0 Å². The lowest BCUT2D eigenvalue weighted by Crippen LogP contribution is -2.50. The molecule has 0 bridgehead atoms. The quantitative estimate of drug-likeness (QED) is 0.551. The summed E-state index contributed by atoms with van der Waals surface area (Å²) in [6, 6.07) is 11.9. The van der Waals surface area contributed by atoms with E-state index in [2.05, 4.69) is 0 Å². The Morgan fingerprint density at radius 3 is 2.39 bits per heavy atom. The van der Waals surface area contributed by atoms with Crippen LogP contribution in [-0.4, -0.2) is 46.6 Å². The number of anilines is 1. The van der Waals surface area contributed by atoms with E-state index >= 15 is 0 Å². The highest BCUT2D eigenvalue weighted by atomic mass is 32.2. The monoisotopic (exact) mass is 429 g/mol. The van der Waals surface area contributed by atoms with Gasteiger partial charge in [-0.1, -0.05) is 60.4 Å². The molecule has 28 heavy (non-hydrogen) atoms. The highest BCUT2D eigenvalue weighted by Gasteiger charge is 2.58. The molecule has 2 aliphatic heterocycles. The SMILES string of the molecule is C[C@]12CS(=O)(=O)C[C@H]1SC(=S)N2c1cccc2c1C(=O)c1ccccc1C2=O. The van der Waals surface area contributed by atoms with Crippen LogP contribution < -0.4 is 4.90 Å². The van der Waals surface area contributed by atoms with Crippen molar-refractivity contribution >= 4 is 55.4 Å². The second kappa shape index (κ2) is 5.75. The number of thioether (sulfide) groups is 1. The predicted molar refractivity (Wildman–Crippen MR) is 113 cm³/mol. The number of benzene rings is 2. The zero-order valence-corrected chi connectivity index (χ0v) is 17.3. The maximum atomic E-state index is 13.3. The summed E-state index contributed by atoms with van der Waals surface area (Å²) < 4.78 is 25.1. The number of hydrogen-bond acceptors (Lipinski definition) is 6. The van der Waals surface area contributed by atoms with Crippen LogP contribution in [0.5, 0.6) is 0 Å². The molecule has 2 atom stereocenters. The fraction of sp³-hybridized carbons (Fsp3) is 0.250. The molecule has 2 aromatic carbocycles. The van der Waals surface area contributed by atoms with E-state index in [1.165, 1.54) is 11.8 Å². The third-order valence-electron chi connectivity index (χ3n) is 5.72. The average molecular weight is 430 g/mol. The molecule has 2 saturated heterocycles. The van der Waals surface area contributed by atoms with Crippen LogP contribution in [0.15, 0.2) is 42.5 Å². The lowest BCUT2D eigenvalue weighted by Gasteiger charge is -2.36. The van der Waals surface area contributed by atoms with Crippen LogP contribution in [0.25, 0.3) is 0 Å². The van der Waals surface area contributed by atoms with Gasteiger partial charge in [-0.3, -0.25) is 9.59 Å². The van der Waals surface area contributed by atoms with E-state index in [0.717, 1.165) is 0 Å². The van der Waals surface area contributed by atoms with E-state index in [1.807, 2.05) is 6.92 Å². The van der Waals surface area contributed by atoms with Gasteiger partial charge in [0.05, 0.1) is 33.5 Å². The maximum Gasteiger partial charge on any atom is 0.196 e. The van der Waals surface area contributed by atoms with Crippen LogP contribution in [0.1, 0.15) is 38.8 Å². The van der Waals surface area contributed by atoms with Crippen molar-refractivity contribution in [2.24, 2.45) is 0 Å². The zero-order chi connectivity index (χ0) is 19.8. The second-order valence-electron chi connectivity index (χ2n) is 7.52. The molecule has 142 valence electrons. The van der Waals surface area contributed by atoms with Crippen molar-refractivity contribution in [3.05, 3.63) is 64.7 Å². The van der Waals surface area contributed by atoms with Gasteiger partial charge in [-0.25, -0.2) is 8.42 Å². The highest BCUT2D eigenvalue weighted by Crippen LogP contribution is 2.49. The van der Waals surface area contributed by atoms with Gasteiger partial charge in [-0.15, -0.1) is 0 Å². The topological polar surface area (TPSA) is 71.5 Å². The van der Waals surface area contributed by atoms with E-state index < -0.39 is 15.4 Å². The number of thiocarbonyl (C=S) groups is 1. The Morgan fingerprint density at radius 2 is 1.68 bits per heavy atom. The van der Waals surface area contributed by atoms with Crippen molar-refractivity contribution in [1.29, 1.82) is 0 Å². The number of ketones is 2. The molecule has 2 aromatic rings. The number of nitrogens with zero attached hydrogens (tertiary/aromatic N) is 1. The average Bonchev–Trinajstić information content (AvgIpc) is 3.01. The molecule has 0 radical (unpaired) electrons. The molecule has 1 aliphatic carbocycles. The van der Waals surface area contributed by atoms with Crippen LogP contribution in [0.3, 0.4) is 0 Å². The van der Waals surface area contributed by atoms with Gasteiger partial charge >= 0.3 is 0 Å². The fourth-order valence-corrected chi connectivity index (χ4v) is 9.36. The van der Waals surface area contributed by atoms with Gasteiger partial charge in [0.15, 0.2) is 21.4 Å². The molecule has 5 rings (SSSR count). The Morgan fingerprint density at radius 1 is 1.04 bits per heavy atom. The summed E-state index contributed by atoms with van der Waals surface area (Å²) in [5, 5.41) is -0.192. The second-order valence-corrected chi connectivity index (χ2v) is 11.5. The summed E-state index contributed by atoms with van der Waals surface area (Å²) in [5.41, 5.74) is 1.18. The minimum atomic E-state index is -3.20. The molecule has 0 amide bonds. The molecule has 0 unspecified atom stereocenters. The summed E-state index contributed by atoms with van der Waals surface area (Å²) in [6.45, 7) is 1.87. The van der Waals surface area contributed by atoms with E-state index in [1.54, 1.807) is 47.4 Å². The Bertz CT molecular complexity index is 1200. The normalized spacial score (nSPS) is 27.5. The van der Waals surface area contributed by atoms with Gasteiger partial charge in [0.2, 0.25) is 0 Å². The molecule has 0 spiro atoms. The fourth-order valence-electron chi connectivity index (χ4n) is 4.45. The molecule has 0 aromatic heterocycles. The van der Waals surface area contributed by atoms with Crippen LogP contribution in [-0.2, 0) is 9.84 Å². The number of rotatable bonds is 1. The van der Waals surface area contributed by atoms with E-state index in [9.17, 15) is 18.0 Å². The Balaban J connectivity index is 1.73. The van der Waals surface area contributed by atoms with Gasteiger partial charge in [0, 0.05) is 16.7 Å². The third-order valence-corrected chi connectivity index (χ3v) is 9.61. The largest absolute Gasteiger partial charge is 0.318 e. The van der Waals surface area contributed by atoms with Crippen LogP contribution >= 0.6 is 24.0 Å². The molecule has 3 aliphatic rings. The predicted octanol–water partition coefficient (Wildman–Crippen LogP) is 2.86. The van der Waals surface area contributed by atoms with Gasteiger partial charge in [0.1, 0.15) is 4.32 Å². The van der Waals surface area contributed by atoms with Crippen molar-refractivity contribution in [3.8, 4) is 0 Å². The number of sulfone groups is 1. The summed E-state index contributed by atoms with van der Waals surface area (Å²) in [7, 11) is -3.20. The molecule has 0 N–H and O–H groups in total. The van der Waals surface area contributed by atoms with Crippen LogP contribution in [0.4, 0.5) is 5.69 Å². The maximum absolute atomic E-state index is 13.3. The van der Waals surface area contributed by atoms with Crippen molar-refractivity contribution < 1.29 is 18.0 Å². The Kier molecular flexibility index (Phi) is 3.70. The van der Waals surface area contributed by atoms with Crippen LogP contribution in [0.2, 0.25) is 0 Å². The van der Waals surface area contributed by atoms with Gasteiger partial charge < -0.3 is 4.90 Å². The Labute approximate surface area is 172 Å². The minimum absolute atomic E-state index is 0.0276. The summed E-state index contributed by atoms with van der Waals surface area (Å²) in [5.74, 6) is -0.400. The third kappa shape index (κ3) is 2.31. The molecular formula is C20H15NO4S3. The first-order chi connectivity index (χ1) is 13.2. The van der Waals surface area contributed by atoms with E-state index in [0.29, 0.717) is 32.3 Å². The molecule has 0 saturated carbocycles. The van der Waals surface area contributed by atoms with Crippen molar-refractivity contribution in [1.82, 2.24) is 0 Å². The lowest BCUT2D eigenvalue weighted by atomic mass is 9.82. The molecule has 8 heteroatoms. The Hall–Kier alpha value is -2.03. The standard InChI is InChI=1S/C20H15NO4S3/c1-20-10-28(24,25)9-15(20)27-19(26)21(20)14-8-4-7-13-16(14)18(23)12-6-3-2-5-11(12)17(13)22/h2-8,15H,9-10H2,1H3/t15-,20+/m1/s1. The zero-order valence-electron chi connectivity index (χ0n) is 14.8. The van der Waals surface area contributed by atoms with Gasteiger partial charge in [-0.2, -0.15) is 0 Å². The minimum Gasteiger partial charge on any atom is -0.318 e.